The number of benzene rings is 8. The first-order valence-electron chi connectivity index (χ1n) is 41.2. The molecule has 0 spiro atoms. The fourth-order valence-corrected chi connectivity index (χ4v) is 19.9. The summed E-state index contributed by atoms with van der Waals surface area (Å²) in [6.07, 6.45) is 7.65. The Morgan fingerprint density at radius 2 is 0.571 bits per heavy atom. The number of carbonyl (C=O) groups excluding carboxylic acids is 4. The zero-order chi connectivity index (χ0) is 89.0. The summed E-state index contributed by atoms with van der Waals surface area (Å²) in [4.78, 5) is 105. The van der Waals surface area contributed by atoms with E-state index in [2.05, 4.69) is 38.6 Å². The van der Waals surface area contributed by atoms with Gasteiger partial charge in [0, 0.05) is 77.0 Å². The van der Waals surface area contributed by atoms with Crippen LogP contribution in [0.5, 0.6) is 23.0 Å². The number of likely N-dealkylation sites (N-methyl/N-ethyl adjacent to an activating group) is 3. The molecule has 12 aromatic rings. The number of amides is 4. The highest BCUT2D eigenvalue weighted by Crippen LogP contribution is 2.51. The molecule has 4 aliphatic heterocycles. The molecule has 0 saturated carbocycles. The van der Waals surface area contributed by atoms with E-state index in [0.717, 1.165) is 70.2 Å². The molecule has 4 N–H and O–H groups in total. The summed E-state index contributed by atoms with van der Waals surface area (Å²) in [7, 11) is 4.78. The maximum atomic E-state index is 14.9. The van der Waals surface area contributed by atoms with Crippen LogP contribution < -0.4 is 21.7 Å². The van der Waals surface area contributed by atoms with E-state index < -0.39 is 104 Å². The zero-order valence-corrected chi connectivity index (χ0v) is 68.9. The summed E-state index contributed by atoms with van der Waals surface area (Å²) in [5.41, 5.74) is 9.20. The largest absolute Gasteiger partial charge is 0.502 e. The van der Waals surface area contributed by atoms with Gasteiger partial charge in [-0.2, -0.15) is 20.4 Å². The molecule has 6 atom stereocenters. The van der Waals surface area contributed by atoms with Crippen molar-refractivity contribution in [3.63, 3.8) is 0 Å². The second-order valence-corrected chi connectivity index (χ2v) is 33.3. The highest BCUT2D eigenvalue weighted by molar-refractivity contribution is 5.98. The van der Waals surface area contributed by atoms with Crippen LogP contribution in [-0.2, 0) is 51.4 Å². The van der Waals surface area contributed by atoms with Crippen LogP contribution in [0.2, 0.25) is 0 Å². The molecule has 4 amide bonds. The minimum Gasteiger partial charge on any atom is -0.502 e. The van der Waals surface area contributed by atoms with Crippen molar-refractivity contribution in [3.8, 4) is 23.0 Å². The molecule has 31 heteroatoms. The Labute approximate surface area is 714 Å². The Hall–Kier alpha value is -14.1. The number of nitrogens with zero attached hydrogens (tertiary/aromatic N) is 12. The first-order valence-corrected chi connectivity index (χ1v) is 41.2. The van der Waals surface area contributed by atoms with E-state index in [1.807, 2.05) is 57.2 Å². The number of hydrogen-bond acceptors (Lipinski definition) is 16. The van der Waals surface area contributed by atoms with Gasteiger partial charge >= 0.3 is 0 Å². The summed E-state index contributed by atoms with van der Waals surface area (Å²) in [5.74, 6) is -8.85. The van der Waals surface area contributed by atoms with Crippen LogP contribution in [0.25, 0.3) is 0 Å². The van der Waals surface area contributed by atoms with Gasteiger partial charge in [0.1, 0.15) is 40.7 Å². The lowest BCUT2D eigenvalue weighted by atomic mass is 9.81. The lowest BCUT2D eigenvalue weighted by molar-refractivity contribution is 0.0568. The van der Waals surface area contributed by atoms with Crippen molar-refractivity contribution in [2.24, 2.45) is 0 Å². The number of rotatable bonds is 5. The zero-order valence-electron chi connectivity index (χ0n) is 68.9. The average molecular weight is 1720 g/mol. The van der Waals surface area contributed by atoms with Gasteiger partial charge in [-0.1, -0.05) is 96.6 Å². The summed E-state index contributed by atoms with van der Waals surface area (Å²) in [6, 6.07) is 37.5. The minimum absolute atomic E-state index is 0.104. The van der Waals surface area contributed by atoms with E-state index in [1.54, 1.807) is 68.5 Å². The van der Waals surface area contributed by atoms with Crippen molar-refractivity contribution in [2.75, 3.05) is 47.3 Å². The molecule has 8 heterocycles. The first-order chi connectivity index (χ1) is 60.4. The van der Waals surface area contributed by atoms with Gasteiger partial charge in [-0.15, -0.1) is 0 Å². The van der Waals surface area contributed by atoms with Crippen LogP contribution in [0.15, 0.2) is 190 Å². The molecule has 24 nitrogen and oxygen atoms in total. The third-order valence-corrected chi connectivity index (χ3v) is 25.8. The summed E-state index contributed by atoms with van der Waals surface area (Å²) < 4.78 is 108. The van der Waals surface area contributed by atoms with Gasteiger partial charge in [0.15, 0.2) is 45.8 Å². The maximum Gasteiger partial charge on any atom is 0.276 e. The standard InChI is InChI=1S/C25H23F2N3O3.C24H22FN3O3.2C23H19F2N3O3/c1-13(2)29-12-20(30-23(25(29)33)24(32)21(31)11-28-30)22-16-5-3-7-18(26)14(16)9-10-15-17(22)6-4-8-19(15)27;1-13-3-7-17-14(9-13)4-5-15-10-16(25)6-8-18(15)21(17)19-12-27(2)24(31)22-23(30)20(29)11-26-28(19)22;1-27-11-18(28-21(23(27)31)22(30)19(29)10-26-28)20-14-4-2-6-16(24)12(14)8-9-13-15(20)5-3-7-17(13)25;1-27-11-18(28-21(23(27)31)22(30)19(29)10-26-28)20-14-8-6-13(24)9-12(14)5-7-15-16(20)3-2-4-17(15)25/h3-8,11,13,20,22,32H,9-10,12H2,1-2H3;3,6-11,19,21,30H,4-5,12H2,1-2H3;2-7,10,18,20,30H,8-9,11H2,1H3;2-4,6,8-10,18,20,30H,5,7,11H2,1H3. The number of aromatic hydroxyl groups is 4. The van der Waals surface area contributed by atoms with E-state index in [9.17, 15) is 89.5 Å². The molecule has 20 rings (SSSR count). The minimum atomic E-state index is -0.757. The Morgan fingerprint density at radius 3 is 0.881 bits per heavy atom. The monoisotopic (exact) mass is 1720 g/mol. The van der Waals surface area contributed by atoms with E-state index in [4.69, 9.17) is 0 Å². The van der Waals surface area contributed by atoms with Crippen molar-refractivity contribution < 1.29 is 70.3 Å². The molecule has 644 valence electrons. The molecule has 0 saturated heterocycles. The number of aromatic nitrogens is 8. The molecule has 8 aromatic carbocycles. The summed E-state index contributed by atoms with van der Waals surface area (Å²) >= 11 is 0. The van der Waals surface area contributed by atoms with E-state index in [1.165, 1.54) is 87.5 Å². The Bertz CT molecular complexity index is 6630. The maximum absolute atomic E-state index is 14.9. The Kier molecular flexibility index (Phi) is 22.1. The number of hydrogen-bond donors (Lipinski definition) is 4. The fraction of sp³-hybridized carbons (Fsp3) is 0.284. The first kappa shape index (κ1) is 84.1. The molecule has 4 aromatic heterocycles. The number of aryl methyl sites for hydroxylation is 4. The predicted molar refractivity (Wildman–Crippen MR) is 447 cm³/mol. The van der Waals surface area contributed by atoms with Gasteiger partial charge in [0.25, 0.3) is 23.6 Å². The number of fused-ring (bicyclic) bond motifs is 12. The SMILES string of the molecule is CC(C)N1CC(C2c3cccc(F)c3CCc3c(F)cccc32)n2ncc(=O)c(O)c2C1=O.CN1CC(C2c3ccc(F)cc3CCc3c(F)cccc32)n2ncc(=O)c(O)c2C1=O.CN1CC(C2c3cccc(F)c3CCc3c(F)cccc32)n2ncc(=O)c(O)c2C1=O.Cc1ccc2c(c1)CCc1cc(F)ccc1C2C1CN(C)C(=O)c2c(O)c(=O)cnn21. The van der Waals surface area contributed by atoms with Gasteiger partial charge in [-0.05, 0) is 216 Å². The van der Waals surface area contributed by atoms with E-state index in [0.29, 0.717) is 102 Å². The molecule has 126 heavy (non-hydrogen) atoms. The van der Waals surface area contributed by atoms with E-state index >= 15 is 0 Å². The van der Waals surface area contributed by atoms with Crippen LogP contribution in [0.4, 0.5) is 30.7 Å². The van der Waals surface area contributed by atoms with Crippen molar-refractivity contribution in [1.82, 2.24) is 58.7 Å². The van der Waals surface area contributed by atoms with Crippen LogP contribution >= 0.6 is 0 Å². The van der Waals surface area contributed by atoms with Crippen molar-refractivity contribution in [2.45, 2.75) is 126 Å². The molecule has 4 aliphatic carbocycles. The van der Waals surface area contributed by atoms with Crippen molar-refractivity contribution in [1.29, 1.82) is 0 Å². The lowest BCUT2D eigenvalue weighted by Crippen LogP contribution is -2.49. The topological polar surface area (TPSA) is 302 Å². The number of carbonyl (C=O) groups is 4. The third kappa shape index (κ3) is 14.6. The highest BCUT2D eigenvalue weighted by atomic mass is 19.2. The van der Waals surface area contributed by atoms with Gasteiger partial charge in [-0.3, -0.25) is 57.1 Å². The summed E-state index contributed by atoms with van der Waals surface area (Å²) in [6.45, 7) is 6.68. The normalized spacial score (nSPS) is 19.0. The van der Waals surface area contributed by atoms with Gasteiger partial charge < -0.3 is 40.0 Å². The summed E-state index contributed by atoms with van der Waals surface area (Å²) in [5, 5.41) is 58.4. The number of halogens is 7. The average Bonchev–Trinajstić information content (AvgIpc) is 1.32. The smallest absolute Gasteiger partial charge is 0.276 e. The van der Waals surface area contributed by atoms with Crippen LogP contribution in [0, 0.1) is 47.6 Å². The van der Waals surface area contributed by atoms with Crippen molar-refractivity contribution in [3.05, 3.63) is 369 Å². The van der Waals surface area contributed by atoms with Crippen molar-refractivity contribution >= 4 is 23.6 Å². The van der Waals surface area contributed by atoms with Gasteiger partial charge in [0.05, 0.1) is 49.0 Å². The quantitative estimate of drug-likeness (QED) is 0.116. The van der Waals surface area contributed by atoms with Crippen LogP contribution in [-0.4, -0.2) is 156 Å². The van der Waals surface area contributed by atoms with Crippen LogP contribution in [0.3, 0.4) is 0 Å². The van der Waals surface area contributed by atoms with Gasteiger partial charge in [-0.25, -0.2) is 30.7 Å². The molecule has 0 fully saturated rings. The highest BCUT2D eigenvalue weighted by Gasteiger charge is 2.47. The molecular formula is C95H83F7N12O12. The Balaban J connectivity index is 0.000000119. The van der Waals surface area contributed by atoms with E-state index in [-0.39, 0.29) is 101 Å². The molecule has 8 aliphatic rings. The molecule has 0 radical (unpaired) electrons. The molecule has 0 bridgehead atoms. The second kappa shape index (κ2) is 33.2. The van der Waals surface area contributed by atoms with Crippen LogP contribution in [0.1, 0.15) is 198 Å². The lowest BCUT2D eigenvalue weighted by Gasteiger charge is -2.41. The fourth-order valence-electron chi connectivity index (χ4n) is 19.9. The predicted octanol–water partition coefficient (Wildman–Crippen LogP) is 12.1. The third-order valence-electron chi connectivity index (χ3n) is 25.8. The van der Waals surface area contributed by atoms with Gasteiger partial charge in [0.2, 0.25) is 21.7 Å². The molecular weight excluding hydrogens is 1630 g/mol. The molecule has 6 unspecified atom stereocenters. The Morgan fingerprint density at radius 1 is 0.317 bits per heavy atom. The second-order valence-electron chi connectivity index (χ2n) is 33.3.